The fraction of sp³-hybridized carbons (Fsp3) is 0.333. The van der Waals surface area contributed by atoms with E-state index in [9.17, 15) is 25.5 Å². The Balaban J connectivity index is 2.60. The fourth-order valence-corrected chi connectivity index (χ4v) is 2.87. The van der Waals surface area contributed by atoms with Crippen LogP contribution in [-0.4, -0.2) is 52.7 Å². The second kappa shape index (κ2) is 8.06. The van der Waals surface area contributed by atoms with Crippen LogP contribution >= 0.6 is 0 Å². The van der Waals surface area contributed by atoms with Gasteiger partial charge in [0.1, 0.15) is 0 Å². The summed E-state index contributed by atoms with van der Waals surface area (Å²) >= 11 is 0. The lowest BCUT2D eigenvalue weighted by Crippen LogP contribution is -2.23. The van der Waals surface area contributed by atoms with Crippen LogP contribution in [0.3, 0.4) is 0 Å². The minimum absolute atomic E-state index is 0.226. The van der Waals surface area contributed by atoms with Crippen LogP contribution in [0.4, 0.5) is 0 Å². The number of hydrogen-bond donors (Lipinski definition) is 7. The first-order chi connectivity index (χ1) is 11.9. The van der Waals surface area contributed by atoms with Crippen LogP contribution in [0.5, 0.6) is 23.0 Å². The number of rotatable bonds is 7. The van der Waals surface area contributed by atoms with Crippen LogP contribution in [0.15, 0.2) is 30.3 Å². The van der Waals surface area contributed by atoms with Gasteiger partial charge in [-0.1, -0.05) is 6.07 Å². The van der Waals surface area contributed by atoms with Crippen molar-refractivity contribution in [2.75, 3.05) is 27.2 Å². The van der Waals surface area contributed by atoms with Crippen molar-refractivity contribution < 1.29 is 25.5 Å². The van der Waals surface area contributed by atoms with Crippen LogP contribution in [-0.2, 0) is 0 Å². The van der Waals surface area contributed by atoms with Crippen molar-refractivity contribution in [3.63, 3.8) is 0 Å². The van der Waals surface area contributed by atoms with Gasteiger partial charge in [0.05, 0.1) is 6.10 Å². The van der Waals surface area contributed by atoms with Gasteiger partial charge in [0, 0.05) is 19.0 Å². The minimum atomic E-state index is -0.892. The van der Waals surface area contributed by atoms with E-state index in [4.69, 9.17) is 0 Å². The SMILES string of the molecule is CNCC(O)c1cc(O)c(O)cc1C(CNC)c1ccc(O)c(O)c1. The standard InChI is InChI=1S/C18H24N2O5/c1-19-8-13(10-3-4-14(21)15(22)5-10)11-6-16(23)17(24)7-12(11)18(25)9-20-2/h3-7,13,18-25H,8-9H2,1-2H3. The molecule has 7 heteroatoms. The number of nitrogens with one attached hydrogen (secondary N) is 2. The summed E-state index contributed by atoms with van der Waals surface area (Å²) in [6.45, 7) is 0.720. The molecule has 136 valence electrons. The van der Waals surface area contributed by atoms with E-state index in [1.807, 2.05) is 0 Å². The third-order valence-electron chi connectivity index (χ3n) is 4.12. The predicted molar refractivity (Wildman–Crippen MR) is 94.2 cm³/mol. The molecule has 0 saturated heterocycles. The average Bonchev–Trinajstić information content (AvgIpc) is 2.57. The minimum Gasteiger partial charge on any atom is -0.504 e. The Labute approximate surface area is 146 Å². The number of aliphatic hydroxyl groups is 1. The van der Waals surface area contributed by atoms with Gasteiger partial charge < -0.3 is 36.2 Å². The molecule has 0 spiro atoms. The molecule has 7 nitrogen and oxygen atoms in total. The lowest BCUT2D eigenvalue weighted by molar-refractivity contribution is 0.176. The first kappa shape index (κ1) is 18.9. The Morgan fingerprint density at radius 1 is 0.760 bits per heavy atom. The molecular formula is C18H24N2O5. The van der Waals surface area contributed by atoms with E-state index in [1.165, 1.54) is 24.3 Å². The highest BCUT2D eigenvalue weighted by atomic mass is 16.3. The largest absolute Gasteiger partial charge is 0.504 e. The van der Waals surface area contributed by atoms with E-state index >= 15 is 0 Å². The van der Waals surface area contributed by atoms with Gasteiger partial charge in [0.2, 0.25) is 0 Å². The quantitative estimate of drug-likeness (QED) is 0.374. The van der Waals surface area contributed by atoms with E-state index < -0.39 is 6.10 Å². The Bertz CT molecular complexity index is 736. The highest BCUT2D eigenvalue weighted by Crippen LogP contribution is 2.39. The molecule has 0 amide bonds. The molecule has 2 rings (SSSR count). The summed E-state index contributed by atoms with van der Waals surface area (Å²) in [7, 11) is 3.46. The molecule has 7 N–H and O–H groups in total. The molecule has 2 atom stereocenters. The summed E-state index contributed by atoms with van der Waals surface area (Å²) in [5, 5.41) is 55.4. The number of aromatic hydroxyl groups is 4. The number of phenols is 4. The molecule has 2 aromatic carbocycles. The van der Waals surface area contributed by atoms with E-state index in [2.05, 4.69) is 10.6 Å². The molecule has 0 aliphatic rings. The van der Waals surface area contributed by atoms with Crippen molar-refractivity contribution >= 4 is 0 Å². The van der Waals surface area contributed by atoms with Crippen LogP contribution in [0.2, 0.25) is 0 Å². The maximum absolute atomic E-state index is 10.4. The molecule has 0 saturated carbocycles. The van der Waals surface area contributed by atoms with Crippen molar-refractivity contribution in [1.29, 1.82) is 0 Å². The molecule has 0 aromatic heterocycles. The average molecular weight is 348 g/mol. The van der Waals surface area contributed by atoms with Gasteiger partial charge in [-0.15, -0.1) is 0 Å². The molecule has 0 heterocycles. The zero-order chi connectivity index (χ0) is 18.6. The third-order valence-corrected chi connectivity index (χ3v) is 4.12. The van der Waals surface area contributed by atoms with Crippen LogP contribution in [0, 0.1) is 0 Å². The van der Waals surface area contributed by atoms with Crippen molar-refractivity contribution in [3.05, 3.63) is 47.0 Å². The second-order valence-electron chi connectivity index (χ2n) is 5.90. The first-order valence-corrected chi connectivity index (χ1v) is 7.93. The van der Waals surface area contributed by atoms with Crippen LogP contribution < -0.4 is 10.6 Å². The first-order valence-electron chi connectivity index (χ1n) is 7.93. The zero-order valence-electron chi connectivity index (χ0n) is 14.2. The molecular weight excluding hydrogens is 324 g/mol. The summed E-state index contributed by atoms with van der Waals surface area (Å²) in [6, 6.07) is 7.24. The lowest BCUT2D eigenvalue weighted by Gasteiger charge is -2.24. The van der Waals surface area contributed by atoms with E-state index in [0.29, 0.717) is 23.2 Å². The monoisotopic (exact) mass is 348 g/mol. The zero-order valence-corrected chi connectivity index (χ0v) is 14.2. The number of likely N-dealkylation sites (N-methyl/N-ethyl adjacent to an activating group) is 2. The number of aliphatic hydroxyl groups excluding tert-OH is 1. The van der Waals surface area contributed by atoms with E-state index in [-0.39, 0.29) is 35.5 Å². The van der Waals surface area contributed by atoms with Crippen molar-refractivity contribution in [2.24, 2.45) is 0 Å². The number of phenolic OH excluding ortho intramolecular Hbond substituents is 4. The van der Waals surface area contributed by atoms with Gasteiger partial charge in [0.15, 0.2) is 23.0 Å². The Morgan fingerprint density at radius 2 is 1.32 bits per heavy atom. The molecule has 2 aromatic rings. The number of benzene rings is 2. The third kappa shape index (κ3) is 4.14. The van der Waals surface area contributed by atoms with Gasteiger partial charge in [-0.05, 0) is 55.1 Å². The fourth-order valence-electron chi connectivity index (χ4n) is 2.87. The normalized spacial score (nSPS) is 13.6. The lowest BCUT2D eigenvalue weighted by atomic mass is 9.85. The van der Waals surface area contributed by atoms with Crippen molar-refractivity contribution in [3.8, 4) is 23.0 Å². The van der Waals surface area contributed by atoms with Gasteiger partial charge in [-0.2, -0.15) is 0 Å². The molecule has 0 radical (unpaired) electrons. The maximum Gasteiger partial charge on any atom is 0.157 e. The Morgan fingerprint density at radius 3 is 1.88 bits per heavy atom. The summed E-state index contributed by atoms with van der Waals surface area (Å²) in [6.07, 6.45) is -0.892. The Kier molecular flexibility index (Phi) is 6.08. The van der Waals surface area contributed by atoms with Gasteiger partial charge in [-0.3, -0.25) is 0 Å². The maximum atomic E-state index is 10.4. The van der Waals surface area contributed by atoms with Gasteiger partial charge in [0.25, 0.3) is 0 Å². The van der Waals surface area contributed by atoms with Gasteiger partial charge >= 0.3 is 0 Å². The molecule has 2 unspecified atom stereocenters. The summed E-state index contributed by atoms with van der Waals surface area (Å²) < 4.78 is 0. The van der Waals surface area contributed by atoms with Crippen molar-refractivity contribution in [1.82, 2.24) is 10.6 Å². The molecule has 25 heavy (non-hydrogen) atoms. The molecule has 0 bridgehead atoms. The Hall–Kier alpha value is -2.48. The topological polar surface area (TPSA) is 125 Å². The predicted octanol–water partition coefficient (Wildman–Crippen LogP) is 1.11. The summed E-state index contributed by atoms with van der Waals surface area (Å²) in [5.41, 5.74) is 1.77. The summed E-state index contributed by atoms with van der Waals surface area (Å²) in [5.74, 6) is -1.41. The molecule has 0 aliphatic carbocycles. The van der Waals surface area contributed by atoms with Crippen molar-refractivity contribution in [2.45, 2.75) is 12.0 Å². The van der Waals surface area contributed by atoms with E-state index in [0.717, 1.165) is 0 Å². The van der Waals surface area contributed by atoms with Crippen LogP contribution in [0.25, 0.3) is 0 Å². The number of hydrogen-bond acceptors (Lipinski definition) is 7. The highest BCUT2D eigenvalue weighted by Gasteiger charge is 2.23. The van der Waals surface area contributed by atoms with Gasteiger partial charge in [-0.25, -0.2) is 0 Å². The molecule has 0 fully saturated rings. The van der Waals surface area contributed by atoms with Crippen LogP contribution in [0.1, 0.15) is 28.7 Å². The molecule has 0 aliphatic heterocycles. The smallest absolute Gasteiger partial charge is 0.157 e. The second-order valence-corrected chi connectivity index (χ2v) is 5.90. The highest BCUT2D eigenvalue weighted by molar-refractivity contribution is 5.52. The van der Waals surface area contributed by atoms with E-state index in [1.54, 1.807) is 20.2 Å². The summed E-state index contributed by atoms with van der Waals surface area (Å²) in [4.78, 5) is 0.